The number of hydrogen-bond donors (Lipinski definition) is 0. The van der Waals surface area contributed by atoms with Crippen LogP contribution in [0, 0.1) is 5.41 Å². The van der Waals surface area contributed by atoms with Gasteiger partial charge in [0.25, 0.3) is 5.91 Å². The van der Waals surface area contributed by atoms with Crippen LogP contribution in [-0.4, -0.2) is 24.1 Å². The van der Waals surface area contributed by atoms with Gasteiger partial charge in [-0.05, 0) is 25.7 Å². The molecule has 1 heterocycles. The smallest absolute Gasteiger partial charge is 0.252 e. The van der Waals surface area contributed by atoms with Crippen LogP contribution in [0.1, 0.15) is 51.9 Å². The standard InChI is InChI=1S/C12H21NO2/c1-12(7-3-2-4-8-12)11(14)13-9-5-6-10-15-13/h2-10H2,1H3. The lowest BCUT2D eigenvalue weighted by molar-refractivity contribution is -0.208. The molecule has 3 nitrogen and oxygen atoms in total. The Morgan fingerprint density at radius 1 is 1.13 bits per heavy atom. The average molecular weight is 211 g/mol. The molecule has 0 spiro atoms. The number of nitrogens with zero attached hydrogens (tertiary/aromatic N) is 1. The lowest BCUT2D eigenvalue weighted by Crippen LogP contribution is -2.45. The summed E-state index contributed by atoms with van der Waals surface area (Å²) in [6.45, 7) is 3.60. The molecule has 3 heteroatoms. The van der Waals surface area contributed by atoms with E-state index in [4.69, 9.17) is 4.84 Å². The van der Waals surface area contributed by atoms with Crippen molar-refractivity contribution >= 4 is 5.91 Å². The molecule has 0 aromatic heterocycles. The van der Waals surface area contributed by atoms with Crippen LogP contribution < -0.4 is 0 Å². The average Bonchev–Trinajstić information content (AvgIpc) is 2.30. The summed E-state index contributed by atoms with van der Waals surface area (Å²) in [7, 11) is 0. The lowest BCUT2D eigenvalue weighted by atomic mass is 9.75. The first-order chi connectivity index (χ1) is 7.22. The van der Waals surface area contributed by atoms with Gasteiger partial charge in [0.1, 0.15) is 0 Å². The molecule has 1 saturated heterocycles. The zero-order valence-corrected chi connectivity index (χ0v) is 9.63. The second-order valence-corrected chi connectivity index (χ2v) is 5.07. The summed E-state index contributed by atoms with van der Waals surface area (Å²) >= 11 is 0. The first-order valence-corrected chi connectivity index (χ1v) is 6.17. The third-order valence-electron chi connectivity index (χ3n) is 3.70. The zero-order valence-electron chi connectivity index (χ0n) is 9.63. The van der Waals surface area contributed by atoms with Crippen LogP contribution in [0.2, 0.25) is 0 Å². The Kier molecular flexibility index (Phi) is 3.29. The van der Waals surface area contributed by atoms with Crippen LogP contribution in [0.3, 0.4) is 0 Å². The number of hydroxylamine groups is 2. The molecule has 2 rings (SSSR count). The fourth-order valence-electron chi connectivity index (χ4n) is 2.60. The first kappa shape index (κ1) is 10.9. The second kappa shape index (κ2) is 4.52. The number of hydrogen-bond acceptors (Lipinski definition) is 2. The minimum absolute atomic E-state index is 0.143. The molecule has 0 radical (unpaired) electrons. The van der Waals surface area contributed by atoms with Gasteiger partial charge in [0.15, 0.2) is 0 Å². The van der Waals surface area contributed by atoms with Crippen molar-refractivity contribution in [2.45, 2.75) is 51.9 Å². The van der Waals surface area contributed by atoms with Crippen LogP contribution in [-0.2, 0) is 9.63 Å². The largest absolute Gasteiger partial charge is 0.272 e. The highest BCUT2D eigenvalue weighted by atomic mass is 16.7. The molecule has 1 saturated carbocycles. The van der Waals surface area contributed by atoms with Gasteiger partial charge in [-0.3, -0.25) is 9.63 Å². The molecular formula is C12H21NO2. The number of rotatable bonds is 1. The third-order valence-corrected chi connectivity index (χ3v) is 3.70. The van der Waals surface area contributed by atoms with Crippen molar-refractivity contribution in [2.24, 2.45) is 5.41 Å². The molecule has 0 aromatic carbocycles. The Hall–Kier alpha value is -0.570. The molecule has 86 valence electrons. The normalized spacial score (nSPS) is 26.3. The summed E-state index contributed by atoms with van der Waals surface area (Å²) < 4.78 is 0. The highest BCUT2D eigenvalue weighted by Gasteiger charge is 2.38. The maximum atomic E-state index is 12.3. The van der Waals surface area contributed by atoms with Crippen molar-refractivity contribution in [3.8, 4) is 0 Å². The minimum atomic E-state index is -0.143. The first-order valence-electron chi connectivity index (χ1n) is 6.17. The Morgan fingerprint density at radius 3 is 2.47 bits per heavy atom. The van der Waals surface area contributed by atoms with E-state index in [-0.39, 0.29) is 11.3 Å². The SMILES string of the molecule is CC1(C(=O)N2CCCCO2)CCCCC1. The van der Waals surface area contributed by atoms with Gasteiger partial charge in [-0.15, -0.1) is 0 Å². The van der Waals surface area contributed by atoms with Gasteiger partial charge in [-0.2, -0.15) is 0 Å². The van der Waals surface area contributed by atoms with E-state index in [0.717, 1.165) is 32.2 Å². The topological polar surface area (TPSA) is 29.5 Å². The summed E-state index contributed by atoms with van der Waals surface area (Å²) in [5, 5.41) is 1.62. The Morgan fingerprint density at radius 2 is 1.87 bits per heavy atom. The van der Waals surface area contributed by atoms with Gasteiger partial charge in [0, 0.05) is 12.0 Å². The van der Waals surface area contributed by atoms with Gasteiger partial charge in [-0.1, -0.05) is 26.2 Å². The fourth-order valence-corrected chi connectivity index (χ4v) is 2.60. The van der Waals surface area contributed by atoms with Crippen LogP contribution in [0.4, 0.5) is 0 Å². The maximum absolute atomic E-state index is 12.3. The summed E-state index contributed by atoms with van der Waals surface area (Å²) in [5.74, 6) is 0.224. The van der Waals surface area contributed by atoms with Gasteiger partial charge >= 0.3 is 0 Å². The predicted molar refractivity (Wildman–Crippen MR) is 58.1 cm³/mol. The van der Waals surface area contributed by atoms with Crippen LogP contribution >= 0.6 is 0 Å². The molecule has 1 aliphatic carbocycles. The van der Waals surface area contributed by atoms with E-state index in [1.807, 2.05) is 0 Å². The second-order valence-electron chi connectivity index (χ2n) is 5.07. The molecule has 0 N–H and O–H groups in total. The highest BCUT2D eigenvalue weighted by molar-refractivity contribution is 5.81. The van der Waals surface area contributed by atoms with Crippen molar-refractivity contribution in [1.29, 1.82) is 0 Å². The van der Waals surface area contributed by atoms with Crippen molar-refractivity contribution in [2.75, 3.05) is 13.2 Å². The van der Waals surface area contributed by atoms with E-state index in [0.29, 0.717) is 6.61 Å². The van der Waals surface area contributed by atoms with Crippen molar-refractivity contribution in [1.82, 2.24) is 5.06 Å². The molecule has 1 aliphatic heterocycles. The van der Waals surface area contributed by atoms with Crippen molar-refractivity contribution < 1.29 is 9.63 Å². The summed E-state index contributed by atoms with van der Waals surface area (Å²) in [6.07, 6.45) is 7.90. The van der Waals surface area contributed by atoms with E-state index in [9.17, 15) is 4.79 Å². The van der Waals surface area contributed by atoms with Gasteiger partial charge < -0.3 is 0 Å². The zero-order chi connectivity index (χ0) is 10.7. The third kappa shape index (κ3) is 2.33. The highest BCUT2D eigenvalue weighted by Crippen LogP contribution is 2.37. The van der Waals surface area contributed by atoms with E-state index in [1.165, 1.54) is 19.3 Å². The molecular weight excluding hydrogens is 190 g/mol. The summed E-state index contributed by atoms with van der Waals surface area (Å²) in [5.41, 5.74) is -0.143. The Balaban J connectivity index is 1.98. The summed E-state index contributed by atoms with van der Waals surface area (Å²) in [4.78, 5) is 17.7. The molecule has 15 heavy (non-hydrogen) atoms. The Labute approximate surface area is 91.7 Å². The number of carbonyl (C=O) groups excluding carboxylic acids is 1. The predicted octanol–water partition coefficient (Wildman–Crippen LogP) is 2.51. The van der Waals surface area contributed by atoms with Gasteiger partial charge in [0.05, 0.1) is 6.61 Å². The molecule has 1 amide bonds. The van der Waals surface area contributed by atoms with E-state index >= 15 is 0 Å². The quantitative estimate of drug-likeness (QED) is 0.667. The molecule has 0 unspecified atom stereocenters. The Bertz CT molecular complexity index is 228. The minimum Gasteiger partial charge on any atom is -0.272 e. The van der Waals surface area contributed by atoms with E-state index in [2.05, 4.69) is 6.92 Å². The van der Waals surface area contributed by atoms with Crippen LogP contribution in [0.25, 0.3) is 0 Å². The fraction of sp³-hybridized carbons (Fsp3) is 0.917. The molecule has 0 bridgehead atoms. The lowest BCUT2D eigenvalue weighted by Gasteiger charge is -2.37. The van der Waals surface area contributed by atoms with Crippen LogP contribution in [0.15, 0.2) is 0 Å². The van der Waals surface area contributed by atoms with Crippen molar-refractivity contribution in [3.63, 3.8) is 0 Å². The number of carbonyl (C=O) groups is 1. The maximum Gasteiger partial charge on any atom is 0.252 e. The number of amides is 1. The molecule has 2 aliphatic rings. The van der Waals surface area contributed by atoms with E-state index in [1.54, 1.807) is 5.06 Å². The van der Waals surface area contributed by atoms with Gasteiger partial charge in [-0.25, -0.2) is 5.06 Å². The van der Waals surface area contributed by atoms with Crippen LogP contribution in [0.5, 0.6) is 0 Å². The monoisotopic (exact) mass is 211 g/mol. The van der Waals surface area contributed by atoms with E-state index < -0.39 is 0 Å². The summed E-state index contributed by atoms with van der Waals surface area (Å²) in [6, 6.07) is 0. The van der Waals surface area contributed by atoms with Crippen molar-refractivity contribution in [3.05, 3.63) is 0 Å². The molecule has 2 fully saturated rings. The van der Waals surface area contributed by atoms with Gasteiger partial charge in [0.2, 0.25) is 0 Å². The molecule has 0 atom stereocenters. The molecule has 0 aromatic rings.